The molecule has 0 saturated carbocycles. The van der Waals surface area contributed by atoms with Gasteiger partial charge in [0.1, 0.15) is 0 Å². The summed E-state index contributed by atoms with van der Waals surface area (Å²) >= 11 is 6.03. The normalized spacial score (nSPS) is 14.8. The van der Waals surface area contributed by atoms with Crippen LogP contribution in [-0.2, 0) is 9.59 Å². The zero-order chi connectivity index (χ0) is 21.5. The summed E-state index contributed by atoms with van der Waals surface area (Å²) in [6.07, 6.45) is 2.99. The molecule has 1 aliphatic heterocycles. The predicted molar refractivity (Wildman–Crippen MR) is 122 cm³/mol. The third-order valence-electron chi connectivity index (χ3n) is 5.49. The van der Waals surface area contributed by atoms with E-state index in [4.69, 9.17) is 11.6 Å². The highest BCUT2D eigenvalue weighted by Crippen LogP contribution is 2.22. The number of benzene rings is 2. The average Bonchev–Trinajstić information content (AvgIpc) is 2.76. The summed E-state index contributed by atoms with van der Waals surface area (Å²) in [5, 5.41) is 3.50. The first kappa shape index (κ1) is 22.1. The molecule has 0 saturated heterocycles. The number of likely N-dealkylation sites (N-methyl/N-ethyl adjacent to an activating group) is 1. The summed E-state index contributed by atoms with van der Waals surface area (Å²) in [6, 6.07) is 15.7. The van der Waals surface area contributed by atoms with Crippen molar-refractivity contribution in [3.63, 3.8) is 0 Å². The molecular formula is C24H29ClN3O2+. The van der Waals surface area contributed by atoms with E-state index in [-0.39, 0.29) is 18.4 Å². The summed E-state index contributed by atoms with van der Waals surface area (Å²) in [4.78, 5) is 28.1. The SMILES string of the molecule is CC[NH+](CC(=O)Nc1cc(Cl)ccc1C)CC(=O)N1CC=C(c2ccccc2)CC1. The predicted octanol–water partition coefficient (Wildman–Crippen LogP) is 2.81. The molecule has 6 heteroatoms. The van der Waals surface area contributed by atoms with Crippen molar-refractivity contribution < 1.29 is 14.5 Å². The molecule has 0 aliphatic carbocycles. The molecule has 0 spiro atoms. The number of amides is 2. The van der Waals surface area contributed by atoms with Gasteiger partial charge in [-0.15, -0.1) is 0 Å². The molecule has 30 heavy (non-hydrogen) atoms. The number of carbonyl (C=O) groups is 2. The summed E-state index contributed by atoms with van der Waals surface area (Å²) in [5.74, 6) is -0.0307. The van der Waals surface area contributed by atoms with Gasteiger partial charge in [0.25, 0.3) is 11.8 Å². The van der Waals surface area contributed by atoms with Crippen molar-refractivity contribution in [3.05, 3.63) is 70.8 Å². The minimum absolute atomic E-state index is 0.0851. The van der Waals surface area contributed by atoms with Crippen molar-refractivity contribution in [1.29, 1.82) is 0 Å². The van der Waals surface area contributed by atoms with E-state index in [2.05, 4.69) is 23.5 Å². The van der Waals surface area contributed by atoms with E-state index in [1.165, 1.54) is 11.1 Å². The number of anilines is 1. The summed E-state index contributed by atoms with van der Waals surface area (Å²) in [7, 11) is 0. The fourth-order valence-corrected chi connectivity index (χ4v) is 3.77. The van der Waals surface area contributed by atoms with Gasteiger partial charge in [-0.2, -0.15) is 0 Å². The fraction of sp³-hybridized carbons (Fsp3) is 0.333. The molecule has 5 nitrogen and oxygen atoms in total. The molecular weight excluding hydrogens is 398 g/mol. The maximum Gasteiger partial charge on any atom is 0.279 e. The van der Waals surface area contributed by atoms with Gasteiger partial charge in [-0.1, -0.05) is 54.1 Å². The number of nitrogens with one attached hydrogen (secondary N) is 2. The summed E-state index contributed by atoms with van der Waals surface area (Å²) < 4.78 is 0. The zero-order valence-corrected chi connectivity index (χ0v) is 18.3. The minimum Gasteiger partial charge on any atom is -0.334 e. The van der Waals surface area contributed by atoms with Crippen LogP contribution in [-0.4, -0.2) is 49.4 Å². The Kier molecular flexibility index (Phi) is 7.66. The van der Waals surface area contributed by atoms with Crippen LogP contribution in [0.4, 0.5) is 5.69 Å². The number of halogens is 1. The van der Waals surface area contributed by atoms with Crippen molar-refractivity contribution in [2.75, 3.05) is 38.0 Å². The lowest BCUT2D eigenvalue weighted by Crippen LogP contribution is -3.14. The smallest absolute Gasteiger partial charge is 0.279 e. The molecule has 2 aromatic rings. The van der Waals surface area contributed by atoms with Crippen LogP contribution in [0.15, 0.2) is 54.6 Å². The molecule has 0 aromatic heterocycles. The Labute approximate surface area is 183 Å². The second-order valence-corrected chi connectivity index (χ2v) is 8.09. The van der Waals surface area contributed by atoms with Crippen LogP contribution in [0.5, 0.6) is 0 Å². The number of rotatable bonds is 7. The highest BCUT2D eigenvalue weighted by Gasteiger charge is 2.23. The Morgan fingerprint density at radius 1 is 1.13 bits per heavy atom. The summed E-state index contributed by atoms with van der Waals surface area (Å²) in [6.45, 7) is 6.50. The number of nitrogens with zero attached hydrogens (tertiary/aromatic N) is 1. The molecule has 2 N–H and O–H groups in total. The molecule has 0 radical (unpaired) electrons. The lowest BCUT2D eigenvalue weighted by molar-refractivity contribution is -0.882. The van der Waals surface area contributed by atoms with Gasteiger partial charge in [-0.3, -0.25) is 9.59 Å². The molecule has 1 heterocycles. The van der Waals surface area contributed by atoms with Crippen LogP contribution in [0, 0.1) is 6.92 Å². The molecule has 158 valence electrons. The van der Waals surface area contributed by atoms with Gasteiger partial charge in [-0.05, 0) is 49.1 Å². The fourth-order valence-electron chi connectivity index (χ4n) is 3.60. The van der Waals surface area contributed by atoms with E-state index in [0.717, 1.165) is 16.9 Å². The Morgan fingerprint density at radius 3 is 2.57 bits per heavy atom. The van der Waals surface area contributed by atoms with Gasteiger partial charge in [-0.25, -0.2) is 0 Å². The van der Waals surface area contributed by atoms with Crippen molar-refractivity contribution in [1.82, 2.24) is 4.90 Å². The quantitative estimate of drug-likeness (QED) is 0.715. The number of hydrogen-bond donors (Lipinski definition) is 2. The third kappa shape index (κ3) is 5.94. The standard InChI is InChI=1S/C24H28ClN3O2/c1-3-27(16-23(29)26-22-15-21(25)10-9-18(22)2)17-24(30)28-13-11-20(12-14-28)19-7-5-4-6-8-19/h4-11,15H,3,12-14,16-17H2,1-2H3,(H,26,29)/p+1. The zero-order valence-electron chi connectivity index (χ0n) is 17.6. The Balaban J connectivity index is 1.53. The van der Waals surface area contributed by atoms with E-state index >= 15 is 0 Å². The van der Waals surface area contributed by atoms with Gasteiger partial charge in [0.15, 0.2) is 13.1 Å². The van der Waals surface area contributed by atoms with Crippen LogP contribution in [0.1, 0.15) is 24.5 Å². The van der Waals surface area contributed by atoms with Crippen LogP contribution < -0.4 is 10.2 Å². The van der Waals surface area contributed by atoms with Crippen molar-refractivity contribution in [2.45, 2.75) is 20.3 Å². The lowest BCUT2D eigenvalue weighted by atomic mass is 9.99. The molecule has 3 rings (SSSR count). The monoisotopic (exact) mass is 426 g/mol. The first-order valence-electron chi connectivity index (χ1n) is 10.4. The molecule has 2 aromatic carbocycles. The van der Waals surface area contributed by atoms with Gasteiger partial charge in [0.05, 0.1) is 6.54 Å². The third-order valence-corrected chi connectivity index (χ3v) is 5.73. The number of hydrogen-bond acceptors (Lipinski definition) is 2. The van der Waals surface area contributed by atoms with Gasteiger partial charge >= 0.3 is 0 Å². The minimum atomic E-state index is -0.116. The van der Waals surface area contributed by atoms with Gasteiger partial charge in [0.2, 0.25) is 0 Å². The second kappa shape index (κ2) is 10.4. The maximum absolute atomic E-state index is 12.8. The molecule has 1 aliphatic rings. The highest BCUT2D eigenvalue weighted by atomic mass is 35.5. The summed E-state index contributed by atoms with van der Waals surface area (Å²) in [5.41, 5.74) is 4.18. The number of aryl methyl sites for hydroxylation is 1. The van der Waals surface area contributed by atoms with Crippen LogP contribution in [0.25, 0.3) is 5.57 Å². The average molecular weight is 427 g/mol. The van der Waals surface area contributed by atoms with E-state index in [1.54, 1.807) is 12.1 Å². The van der Waals surface area contributed by atoms with Gasteiger partial charge in [0, 0.05) is 23.8 Å². The van der Waals surface area contributed by atoms with E-state index in [1.807, 2.05) is 43.0 Å². The largest absolute Gasteiger partial charge is 0.334 e. The first-order valence-corrected chi connectivity index (χ1v) is 10.8. The Hall–Kier alpha value is -2.63. The second-order valence-electron chi connectivity index (χ2n) is 7.65. The molecule has 1 atom stereocenters. The van der Waals surface area contributed by atoms with Crippen LogP contribution >= 0.6 is 11.6 Å². The van der Waals surface area contributed by atoms with Crippen molar-refractivity contribution in [3.8, 4) is 0 Å². The van der Waals surface area contributed by atoms with Crippen molar-refractivity contribution in [2.24, 2.45) is 0 Å². The highest BCUT2D eigenvalue weighted by molar-refractivity contribution is 6.31. The Bertz CT molecular complexity index is 927. The maximum atomic E-state index is 12.8. The number of quaternary nitrogens is 1. The van der Waals surface area contributed by atoms with Crippen LogP contribution in [0.2, 0.25) is 5.02 Å². The lowest BCUT2D eigenvalue weighted by Gasteiger charge is -2.28. The van der Waals surface area contributed by atoms with E-state index in [9.17, 15) is 9.59 Å². The van der Waals surface area contributed by atoms with Gasteiger partial charge < -0.3 is 15.1 Å². The molecule has 0 bridgehead atoms. The first-order chi connectivity index (χ1) is 14.5. The Morgan fingerprint density at radius 2 is 1.90 bits per heavy atom. The van der Waals surface area contributed by atoms with Crippen LogP contribution in [0.3, 0.4) is 0 Å². The van der Waals surface area contributed by atoms with E-state index < -0.39 is 0 Å². The molecule has 1 unspecified atom stereocenters. The molecule has 2 amide bonds. The molecule has 0 fully saturated rings. The van der Waals surface area contributed by atoms with E-state index in [0.29, 0.717) is 36.9 Å². The van der Waals surface area contributed by atoms with Crippen molar-refractivity contribution >= 4 is 34.7 Å². The topological polar surface area (TPSA) is 53.9 Å². The number of carbonyl (C=O) groups excluding carboxylic acids is 2.